The highest BCUT2D eigenvalue weighted by Crippen LogP contribution is 2.34. The van der Waals surface area contributed by atoms with E-state index in [0.717, 1.165) is 42.6 Å². The molecular formula is C18H25ClN4O2S. The summed E-state index contributed by atoms with van der Waals surface area (Å²) < 4.78 is 9.88. The van der Waals surface area contributed by atoms with Crippen molar-refractivity contribution in [3.63, 3.8) is 0 Å². The lowest BCUT2D eigenvalue weighted by Gasteiger charge is -2.33. The third kappa shape index (κ3) is 5.93. The van der Waals surface area contributed by atoms with Crippen LogP contribution < -0.4 is 5.32 Å². The zero-order valence-corrected chi connectivity index (χ0v) is 17.2. The van der Waals surface area contributed by atoms with Crippen LogP contribution in [-0.4, -0.2) is 61.9 Å². The van der Waals surface area contributed by atoms with Gasteiger partial charge in [-0.1, -0.05) is 17.7 Å². The van der Waals surface area contributed by atoms with Gasteiger partial charge in [0.15, 0.2) is 0 Å². The highest BCUT2D eigenvalue weighted by molar-refractivity contribution is 7.98. The van der Waals surface area contributed by atoms with Crippen LogP contribution in [0.4, 0.5) is 5.69 Å². The van der Waals surface area contributed by atoms with Crippen LogP contribution in [0.15, 0.2) is 39.3 Å². The van der Waals surface area contributed by atoms with E-state index < -0.39 is 0 Å². The van der Waals surface area contributed by atoms with Gasteiger partial charge in [-0.2, -0.15) is 4.40 Å². The summed E-state index contributed by atoms with van der Waals surface area (Å²) in [6, 6.07) is 5.71. The maximum Gasteiger partial charge on any atom is 0.307 e. The van der Waals surface area contributed by atoms with Gasteiger partial charge in [0.05, 0.1) is 15.6 Å². The van der Waals surface area contributed by atoms with Crippen LogP contribution in [-0.2, 0) is 9.53 Å². The molecule has 1 aliphatic rings. The Hall–Kier alpha value is -1.70. The lowest BCUT2D eigenvalue weighted by Crippen LogP contribution is -2.46. The van der Waals surface area contributed by atoms with Crippen molar-refractivity contribution < 1.29 is 9.53 Å². The molecule has 1 fully saturated rings. The number of anilines is 1. The molecule has 1 aromatic rings. The number of esters is 1. The summed E-state index contributed by atoms with van der Waals surface area (Å²) >= 11 is 7.59. The fourth-order valence-electron chi connectivity index (χ4n) is 2.57. The number of nitrogens with zero attached hydrogens (tertiary/aromatic N) is 3. The van der Waals surface area contributed by atoms with Crippen molar-refractivity contribution in [3.05, 3.63) is 35.1 Å². The van der Waals surface area contributed by atoms with Gasteiger partial charge in [-0.3, -0.25) is 4.79 Å². The Morgan fingerprint density at radius 3 is 2.62 bits per heavy atom. The molecule has 0 radical (unpaired) electrons. The van der Waals surface area contributed by atoms with Gasteiger partial charge in [-0.15, -0.1) is 0 Å². The molecule has 142 valence electrons. The van der Waals surface area contributed by atoms with E-state index in [2.05, 4.69) is 22.2 Å². The largest absolute Gasteiger partial charge is 0.431 e. The van der Waals surface area contributed by atoms with E-state index in [1.54, 1.807) is 6.92 Å². The van der Waals surface area contributed by atoms with Crippen LogP contribution in [0.25, 0.3) is 0 Å². The summed E-state index contributed by atoms with van der Waals surface area (Å²) in [6.45, 7) is 6.81. The number of ether oxygens (including phenoxy) is 1. The van der Waals surface area contributed by atoms with E-state index in [0.29, 0.717) is 10.8 Å². The number of likely N-dealkylation sites (N-methyl/N-ethyl adjacent to an activating group) is 1. The number of halogens is 1. The quantitative estimate of drug-likeness (QED) is 0.270. The van der Waals surface area contributed by atoms with Crippen molar-refractivity contribution in [2.45, 2.75) is 18.7 Å². The highest BCUT2D eigenvalue weighted by atomic mass is 35.5. The first-order chi connectivity index (χ1) is 12.4. The van der Waals surface area contributed by atoms with Gasteiger partial charge in [-0.05, 0) is 26.1 Å². The number of benzene rings is 1. The zero-order valence-electron chi connectivity index (χ0n) is 15.6. The van der Waals surface area contributed by atoms with Gasteiger partial charge >= 0.3 is 5.97 Å². The first-order valence-electron chi connectivity index (χ1n) is 8.42. The van der Waals surface area contributed by atoms with Gasteiger partial charge in [0.2, 0.25) is 0 Å². The average molecular weight is 397 g/mol. The molecular weight excluding hydrogens is 372 g/mol. The minimum atomic E-state index is -0.337. The molecule has 0 unspecified atom stereocenters. The predicted octanol–water partition coefficient (Wildman–Crippen LogP) is 3.50. The average Bonchev–Trinajstić information content (AvgIpc) is 2.58. The summed E-state index contributed by atoms with van der Waals surface area (Å²) in [5, 5.41) is 3.77. The van der Waals surface area contributed by atoms with Crippen LogP contribution in [0.3, 0.4) is 0 Å². The first kappa shape index (κ1) is 20.6. The molecule has 0 amide bonds. The van der Waals surface area contributed by atoms with Crippen LogP contribution in [0.2, 0.25) is 5.02 Å². The van der Waals surface area contributed by atoms with Gasteiger partial charge in [0, 0.05) is 58.2 Å². The molecule has 0 aromatic heterocycles. The number of amidine groups is 1. The van der Waals surface area contributed by atoms with Crippen molar-refractivity contribution in [2.75, 3.05) is 45.6 Å². The minimum absolute atomic E-state index is 0.337. The molecule has 2 rings (SSSR count). The van der Waals surface area contributed by atoms with E-state index in [1.165, 1.54) is 18.9 Å². The Labute approximate surface area is 164 Å². The second-order valence-electron chi connectivity index (χ2n) is 6.04. The predicted molar refractivity (Wildman–Crippen MR) is 109 cm³/mol. The van der Waals surface area contributed by atoms with Crippen molar-refractivity contribution >= 4 is 41.0 Å². The van der Waals surface area contributed by atoms with Gasteiger partial charge < -0.3 is 19.9 Å². The van der Waals surface area contributed by atoms with Crippen LogP contribution in [0, 0.1) is 0 Å². The molecule has 6 nitrogen and oxygen atoms in total. The van der Waals surface area contributed by atoms with E-state index >= 15 is 0 Å². The molecule has 1 saturated heterocycles. The molecule has 1 aromatic carbocycles. The summed E-state index contributed by atoms with van der Waals surface area (Å²) in [7, 11) is 3.94. The normalized spacial score (nSPS) is 16.6. The monoisotopic (exact) mass is 396 g/mol. The second-order valence-corrected chi connectivity index (χ2v) is 7.25. The van der Waals surface area contributed by atoms with Gasteiger partial charge in [-0.25, -0.2) is 0 Å². The maximum atomic E-state index is 11.2. The van der Waals surface area contributed by atoms with Gasteiger partial charge in [0.25, 0.3) is 0 Å². The number of hydrogen-bond donors (Lipinski definition) is 1. The van der Waals surface area contributed by atoms with Crippen LogP contribution >= 0.6 is 23.5 Å². The molecule has 0 bridgehead atoms. The summed E-state index contributed by atoms with van der Waals surface area (Å²) in [4.78, 5) is 16.6. The fourth-order valence-corrected chi connectivity index (χ4v) is 3.70. The zero-order chi connectivity index (χ0) is 19.1. The number of rotatable bonds is 5. The van der Waals surface area contributed by atoms with E-state index in [-0.39, 0.29) is 5.97 Å². The SMILES string of the molecule is CNc1c(Cl)cccc1SN=C(/C=C(\C)OC(C)=O)N1CCN(C)CC1. The Morgan fingerprint density at radius 1 is 1.31 bits per heavy atom. The fraction of sp³-hybridized carbons (Fsp3) is 0.444. The Kier molecular flexibility index (Phi) is 7.81. The third-order valence-corrected chi connectivity index (χ3v) is 5.06. The highest BCUT2D eigenvalue weighted by Gasteiger charge is 2.17. The summed E-state index contributed by atoms with van der Waals surface area (Å²) in [5.41, 5.74) is 0.848. The molecule has 0 spiro atoms. The molecule has 0 atom stereocenters. The summed E-state index contributed by atoms with van der Waals surface area (Å²) in [5.74, 6) is 0.969. The third-order valence-electron chi connectivity index (χ3n) is 3.93. The molecule has 0 aliphatic carbocycles. The van der Waals surface area contributed by atoms with Crippen molar-refractivity contribution in [2.24, 2.45) is 4.40 Å². The number of hydrogen-bond acceptors (Lipinski definition) is 6. The standard InChI is InChI=1S/C18H25ClN4O2S/c1-13(25-14(2)24)12-17(23-10-8-22(4)9-11-23)21-26-16-7-5-6-15(19)18(16)20-3/h5-7,12,20H,8-11H2,1-4H3/b13-12+,21-17?. The minimum Gasteiger partial charge on any atom is -0.431 e. The van der Waals surface area contributed by atoms with E-state index in [9.17, 15) is 4.79 Å². The lowest BCUT2D eigenvalue weighted by molar-refractivity contribution is -0.136. The number of carbonyl (C=O) groups excluding carboxylic acids is 1. The molecule has 1 heterocycles. The molecule has 1 aliphatic heterocycles. The Bertz CT molecular complexity index is 700. The molecule has 1 N–H and O–H groups in total. The van der Waals surface area contributed by atoms with Crippen molar-refractivity contribution in [1.82, 2.24) is 9.80 Å². The van der Waals surface area contributed by atoms with Crippen molar-refractivity contribution in [1.29, 1.82) is 0 Å². The molecule has 0 saturated carbocycles. The first-order valence-corrected chi connectivity index (χ1v) is 9.57. The van der Waals surface area contributed by atoms with E-state index in [4.69, 9.17) is 20.7 Å². The van der Waals surface area contributed by atoms with Gasteiger partial charge in [0.1, 0.15) is 11.6 Å². The van der Waals surface area contributed by atoms with Crippen LogP contribution in [0.5, 0.6) is 0 Å². The maximum absolute atomic E-state index is 11.2. The number of piperazine rings is 1. The molecule has 26 heavy (non-hydrogen) atoms. The Morgan fingerprint density at radius 2 is 2.00 bits per heavy atom. The number of allylic oxidation sites excluding steroid dienone is 1. The Balaban J connectivity index is 2.26. The summed E-state index contributed by atoms with van der Waals surface area (Å²) in [6.07, 6.45) is 1.81. The topological polar surface area (TPSA) is 57.2 Å². The number of nitrogens with one attached hydrogen (secondary N) is 1. The number of para-hydroxylation sites is 1. The lowest BCUT2D eigenvalue weighted by atomic mass is 10.3. The van der Waals surface area contributed by atoms with Crippen molar-refractivity contribution in [3.8, 4) is 0 Å². The van der Waals surface area contributed by atoms with E-state index in [1.807, 2.05) is 31.3 Å². The molecule has 8 heteroatoms. The second kappa shape index (κ2) is 9.85. The number of carbonyl (C=O) groups is 1. The smallest absolute Gasteiger partial charge is 0.307 e. The van der Waals surface area contributed by atoms with Crippen LogP contribution in [0.1, 0.15) is 13.8 Å².